The zero-order valence-corrected chi connectivity index (χ0v) is 12.2. The van der Waals surface area contributed by atoms with Gasteiger partial charge in [-0.3, -0.25) is 0 Å². The van der Waals surface area contributed by atoms with Crippen molar-refractivity contribution >= 4 is 0 Å². The van der Waals surface area contributed by atoms with Crippen LogP contribution in [0.1, 0.15) is 59.3 Å². The van der Waals surface area contributed by atoms with Crippen molar-refractivity contribution < 1.29 is 19.3 Å². The molecule has 109 valence electrons. The van der Waals surface area contributed by atoms with Crippen molar-refractivity contribution in [1.82, 2.24) is 0 Å². The minimum atomic E-state index is -1.36. The maximum absolute atomic E-state index is 11.4. The Morgan fingerprint density at radius 3 is 1.28 bits per heavy atom. The summed E-state index contributed by atoms with van der Waals surface area (Å²) in [6, 6.07) is 0. The van der Waals surface area contributed by atoms with Gasteiger partial charge in [-0.05, 0) is 19.3 Å². The van der Waals surface area contributed by atoms with Crippen LogP contribution in [0.3, 0.4) is 0 Å². The van der Waals surface area contributed by atoms with Gasteiger partial charge < -0.3 is 14.2 Å². The SMILES string of the molecule is CCCCOC(C[O])(OCCCC)OCCCC. The van der Waals surface area contributed by atoms with Gasteiger partial charge in [0.2, 0.25) is 0 Å². The second-order valence-electron chi connectivity index (χ2n) is 4.43. The number of hydrogen-bond acceptors (Lipinski definition) is 3. The van der Waals surface area contributed by atoms with Crippen molar-refractivity contribution in [3.8, 4) is 0 Å². The molecule has 0 saturated carbocycles. The second-order valence-corrected chi connectivity index (χ2v) is 4.43. The van der Waals surface area contributed by atoms with Crippen LogP contribution in [0.15, 0.2) is 0 Å². The van der Waals surface area contributed by atoms with Crippen LogP contribution < -0.4 is 0 Å². The summed E-state index contributed by atoms with van der Waals surface area (Å²) in [5.41, 5.74) is 0. The molecule has 0 aromatic carbocycles. The molecule has 0 aliphatic rings. The maximum atomic E-state index is 11.4. The molecule has 0 amide bonds. The zero-order chi connectivity index (χ0) is 13.7. The van der Waals surface area contributed by atoms with Crippen LogP contribution in [-0.2, 0) is 19.3 Å². The lowest BCUT2D eigenvalue weighted by Gasteiger charge is -2.31. The Morgan fingerprint density at radius 2 is 1.06 bits per heavy atom. The van der Waals surface area contributed by atoms with Crippen LogP contribution >= 0.6 is 0 Å². The van der Waals surface area contributed by atoms with E-state index < -0.39 is 12.6 Å². The molecule has 18 heavy (non-hydrogen) atoms. The average molecular weight is 261 g/mol. The van der Waals surface area contributed by atoms with Crippen molar-refractivity contribution in [1.29, 1.82) is 0 Å². The van der Waals surface area contributed by atoms with E-state index in [-0.39, 0.29) is 0 Å². The first-order valence-corrected chi connectivity index (χ1v) is 7.24. The minimum Gasteiger partial charge on any atom is -0.326 e. The van der Waals surface area contributed by atoms with E-state index in [1.807, 2.05) is 0 Å². The van der Waals surface area contributed by atoms with Crippen LogP contribution in [0, 0.1) is 0 Å². The van der Waals surface area contributed by atoms with E-state index in [1.165, 1.54) is 0 Å². The van der Waals surface area contributed by atoms with Crippen molar-refractivity contribution in [3.63, 3.8) is 0 Å². The summed E-state index contributed by atoms with van der Waals surface area (Å²) >= 11 is 0. The Balaban J connectivity index is 4.20. The summed E-state index contributed by atoms with van der Waals surface area (Å²) in [5, 5.41) is 11.4. The molecule has 0 rings (SSSR count). The number of hydrogen-bond donors (Lipinski definition) is 0. The van der Waals surface area contributed by atoms with E-state index in [2.05, 4.69) is 20.8 Å². The molecule has 1 radical (unpaired) electrons. The van der Waals surface area contributed by atoms with Gasteiger partial charge in [0.05, 0.1) is 19.8 Å². The number of unbranched alkanes of at least 4 members (excludes halogenated alkanes) is 3. The first kappa shape index (κ1) is 17.8. The van der Waals surface area contributed by atoms with Crippen LogP contribution in [0.5, 0.6) is 0 Å². The highest BCUT2D eigenvalue weighted by Crippen LogP contribution is 2.17. The van der Waals surface area contributed by atoms with Gasteiger partial charge in [-0.15, -0.1) is 0 Å². The summed E-state index contributed by atoms with van der Waals surface area (Å²) in [7, 11) is 0. The topological polar surface area (TPSA) is 47.6 Å². The molecule has 0 saturated heterocycles. The monoisotopic (exact) mass is 261 g/mol. The van der Waals surface area contributed by atoms with Crippen molar-refractivity contribution in [2.24, 2.45) is 0 Å². The predicted molar refractivity (Wildman–Crippen MR) is 70.9 cm³/mol. The molecule has 0 fully saturated rings. The Labute approximate surface area is 112 Å². The number of rotatable bonds is 13. The average Bonchev–Trinajstić information content (AvgIpc) is 2.39. The maximum Gasteiger partial charge on any atom is 0.311 e. The summed E-state index contributed by atoms with van der Waals surface area (Å²) in [5.74, 6) is -1.36. The van der Waals surface area contributed by atoms with Crippen LogP contribution in [0.25, 0.3) is 0 Å². The zero-order valence-electron chi connectivity index (χ0n) is 12.2. The molecule has 0 N–H and O–H groups in total. The molecule has 0 aromatic rings. The molecule has 0 atom stereocenters. The molecule has 0 heterocycles. The van der Waals surface area contributed by atoms with E-state index in [4.69, 9.17) is 14.2 Å². The molecule has 0 unspecified atom stereocenters. The second kappa shape index (κ2) is 11.9. The van der Waals surface area contributed by atoms with Gasteiger partial charge in [0.15, 0.2) is 6.61 Å². The molecular formula is C14H29O4. The fourth-order valence-corrected chi connectivity index (χ4v) is 1.37. The Morgan fingerprint density at radius 1 is 0.722 bits per heavy atom. The molecular weight excluding hydrogens is 232 g/mol. The first-order chi connectivity index (χ1) is 8.74. The highest BCUT2D eigenvalue weighted by atomic mass is 16.9. The lowest BCUT2D eigenvalue weighted by molar-refractivity contribution is -0.396. The molecule has 4 heteroatoms. The number of ether oxygens (including phenoxy) is 3. The Hall–Kier alpha value is -0.160. The summed E-state index contributed by atoms with van der Waals surface area (Å²) in [4.78, 5) is 0. The van der Waals surface area contributed by atoms with Gasteiger partial charge >= 0.3 is 5.97 Å². The largest absolute Gasteiger partial charge is 0.326 e. The fraction of sp³-hybridized carbons (Fsp3) is 1.00. The molecule has 0 spiro atoms. The highest BCUT2D eigenvalue weighted by Gasteiger charge is 2.33. The van der Waals surface area contributed by atoms with Crippen LogP contribution in [0.2, 0.25) is 0 Å². The van der Waals surface area contributed by atoms with E-state index in [1.54, 1.807) is 0 Å². The van der Waals surface area contributed by atoms with Gasteiger partial charge in [0.1, 0.15) is 0 Å². The van der Waals surface area contributed by atoms with Crippen LogP contribution in [-0.4, -0.2) is 32.4 Å². The first-order valence-electron chi connectivity index (χ1n) is 7.24. The summed E-state index contributed by atoms with van der Waals surface area (Å²) < 4.78 is 16.7. The van der Waals surface area contributed by atoms with E-state index in [0.29, 0.717) is 19.8 Å². The fourth-order valence-electron chi connectivity index (χ4n) is 1.37. The van der Waals surface area contributed by atoms with Gasteiger partial charge in [0, 0.05) is 0 Å². The van der Waals surface area contributed by atoms with Gasteiger partial charge in [-0.1, -0.05) is 40.0 Å². The van der Waals surface area contributed by atoms with Crippen molar-refractivity contribution in [2.45, 2.75) is 65.3 Å². The Kier molecular flexibility index (Phi) is 11.8. The Bertz CT molecular complexity index is 147. The lowest BCUT2D eigenvalue weighted by atomic mass is 10.3. The smallest absolute Gasteiger partial charge is 0.311 e. The normalized spacial score (nSPS) is 12.0. The van der Waals surface area contributed by atoms with Gasteiger partial charge in [-0.2, -0.15) is 0 Å². The third-order valence-corrected chi connectivity index (χ3v) is 2.64. The van der Waals surface area contributed by atoms with Crippen molar-refractivity contribution in [3.05, 3.63) is 0 Å². The van der Waals surface area contributed by atoms with E-state index in [9.17, 15) is 5.11 Å². The standard InChI is InChI=1S/C14H29O4/c1-4-7-10-16-14(13-15,17-11-8-5-2)18-12-9-6-3/h4-13H2,1-3H3. The summed E-state index contributed by atoms with van der Waals surface area (Å²) in [6.45, 7) is 7.27. The predicted octanol–water partition coefficient (Wildman–Crippen LogP) is 3.52. The minimum absolute atomic E-state index is 0.510. The summed E-state index contributed by atoms with van der Waals surface area (Å²) in [6.07, 6.45) is 5.82. The molecule has 0 bridgehead atoms. The quantitative estimate of drug-likeness (QED) is 0.376. The lowest BCUT2D eigenvalue weighted by Crippen LogP contribution is -2.43. The molecule has 0 aliphatic carbocycles. The third-order valence-electron chi connectivity index (χ3n) is 2.64. The molecule has 0 aromatic heterocycles. The van der Waals surface area contributed by atoms with E-state index >= 15 is 0 Å². The highest BCUT2D eigenvalue weighted by molar-refractivity contribution is 4.56. The van der Waals surface area contributed by atoms with E-state index in [0.717, 1.165) is 38.5 Å². The van der Waals surface area contributed by atoms with Crippen LogP contribution in [0.4, 0.5) is 0 Å². The van der Waals surface area contributed by atoms with Gasteiger partial charge in [-0.25, -0.2) is 5.11 Å². The molecule has 4 nitrogen and oxygen atoms in total. The molecule has 0 aliphatic heterocycles. The third kappa shape index (κ3) is 8.03. The van der Waals surface area contributed by atoms with Crippen molar-refractivity contribution in [2.75, 3.05) is 26.4 Å². The van der Waals surface area contributed by atoms with Gasteiger partial charge in [0.25, 0.3) is 0 Å².